The number of benzene rings is 1. The van der Waals surface area contributed by atoms with Crippen LogP contribution in [0.4, 0.5) is 5.69 Å². The van der Waals surface area contributed by atoms with E-state index in [2.05, 4.69) is 33.4 Å². The number of anilines is 1. The quantitative estimate of drug-likeness (QED) is 0.323. The van der Waals surface area contributed by atoms with Gasteiger partial charge in [0.1, 0.15) is 0 Å². The van der Waals surface area contributed by atoms with Crippen LogP contribution in [0.3, 0.4) is 0 Å². The summed E-state index contributed by atoms with van der Waals surface area (Å²) in [7, 11) is 1.63. The number of nitrogens with zero attached hydrogens (tertiary/aromatic N) is 1. The molecule has 0 aromatic heterocycles. The molecule has 0 fully saturated rings. The van der Waals surface area contributed by atoms with Crippen molar-refractivity contribution in [3.63, 3.8) is 0 Å². The van der Waals surface area contributed by atoms with Crippen LogP contribution in [0.5, 0.6) is 0 Å². The van der Waals surface area contributed by atoms with Gasteiger partial charge in [-0.3, -0.25) is 9.79 Å². The first-order valence-corrected chi connectivity index (χ1v) is 6.11. The topological polar surface area (TPSA) is 65.5 Å². The van der Waals surface area contributed by atoms with E-state index in [0.717, 1.165) is 5.56 Å². The van der Waals surface area contributed by atoms with Crippen molar-refractivity contribution in [3.8, 4) is 12.3 Å². The predicted octanol–water partition coefficient (Wildman–Crippen LogP) is 0.957. The fraction of sp³-hybridized carbons (Fsp3) is 0.200. The molecule has 0 saturated heterocycles. The lowest BCUT2D eigenvalue weighted by Crippen LogP contribution is -2.41. The van der Waals surface area contributed by atoms with Crippen molar-refractivity contribution in [3.05, 3.63) is 42.5 Å². The van der Waals surface area contributed by atoms with Crippen LogP contribution < -0.4 is 16.0 Å². The summed E-state index contributed by atoms with van der Waals surface area (Å²) in [6, 6.07) is 7.12. The molecule has 0 heterocycles. The second-order valence-corrected chi connectivity index (χ2v) is 3.87. The maximum atomic E-state index is 11.8. The Balaban J connectivity index is 2.47. The van der Waals surface area contributed by atoms with E-state index < -0.39 is 0 Å². The SMILES string of the molecule is C#Cc1cccc(NC(=O)CNC(=NC)NCC=C)c1. The lowest BCUT2D eigenvalue weighted by Gasteiger charge is -2.10. The predicted molar refractivity (Wildman–Crippen MR) is 82.6 cm³/mol. The van der Waals surface area contributed by atoms with Crippen molar-refractivity contribution in [2.75, 3.05) is 25.5 Å². The summed E-state index contributed by atoms with van der Waals surface area (Å²) in [6.07, 6.45) is 7.01. The summed E-state index contributed by atoms with van der Waals surface area (Å²) >= 11 is 0. The van der Waals surface area contributed by atoms with Crippen LogP contribution in [0.25, 0.3) is 0 Å². The normalized spacial score (nSPS) is 10.3. The largest absolute Gasteiger partial charge is 0.353 e. The number of hydrogen-bond acceptors (Lipinski definition) is 2. The molecule has 0 atom stereocenters. The first kappa shape index (κ1) is 15.3. The van der Waals surface area contributed by atoms with E-state index in [-0.39, 0.29) is 12.5 Å². The molecule has 0 radical (unpaired) electrons. The molecule has 0 unspecified atom stereocenters. The van der Waals surface area contributed by atoms with Crippen molar-refractivity contribution < 1.29 is 4.79 Å². The smallest absolute Gasteiger partial charge is 0.243 e. The molecular weight excluding hydrogens is 252 g/mol. The van der Waals surface area contributed by atoms with E-state index in [4.69, 9.17) is 6.42 Å². The molecule has 0 spiro atoms. The number of carbonyl (C=O) groups is 1. The van der Waals surface area contributed by atoms with Crippen molar-refractivity contribution in [1.29, 1.82) is 0 Å². The van der Waals surface area contributed by atoms with E-state index in [0.29, 0.717) is 18.2 Å². The molecule has 0 bridgehead atoms. The Hall–Kier alpha value is -2.74. The second-order valence-electron chi connectivity index (χ2n) is 3.87. The molecule has 1 aromatic carbocycles. The molecule has 1 amide bonds. The molecule has 5 heteroatoms. The fourth-order valence-electron chi connectivity index (χ4n) is 1.45. The fourth-order valence-corrected chi connectivity index (χ4v) is 1.45. The number of rotatable bonds is 5. The number of guanidine groups is 1. The van der Waals surface area contributed by atoms with Gasteiger partial charge in [-0.15, -0.1) is 13.0 Å². The maximum Gasteiger partial charge on any atom is 0.243 e. The summed E-state index contributed by atoms with van der Waals surface area (Å²) in [5.74, 6) is 2.88. The van der Waals surface area contributed by atoms with Gasteiger partial charge in [0.25, 0.3) is 0 Å². The second kappa shape index (κ2) is 8.38. The molecule has 1 rings (SSSR count). The first-order chi connectivity index (χ1) is 9.69. The highest BCUT2D eigenvalue weighted by Crippen LogP contribution is 2.09. The van der Waals surface area contributed by atoms with Crippen molar-refractivity contribution in [2.45, 2.75) is 0 Å². The van der Waals surface area contributed by atoms with E-state index in [1.54, 1.807) is 37.4 Å². The minimum atomic E-state index is -0.180. The van der Waals surface area contributed by atoms with Crippen LogP contribution >= 0.6 is 0 Å². The molecule has 104 valence electrons. The van der Waals surface area contributed by atoms with Gasteiger partial charge in [-0.25, -0.2) is 0 Å². The lowest BCUT2D eigenvalue weighted by molar-refractivity contribution is -0.115. The molecular formula is C15H18N4O. The Morgan fingerprint density at radius 1 is 1.50 bits per heavy atom. The third-order valence-corrected chi connectivity index (χ3v) is 2.37. The summed E-state index contributed by atoms with van der Waals surface area (Å²) in [5.41, 5.74) is 1.39. The molecule has 20 heavy (non-hydrogen) atoms. The van der Waals surface area contributed by atoms with Gasteiger partial charge in [0.05, 0.1) is 6.54 Å². The Morgan fingerprint density at radius 3 is 2.95 bits per heavy atom. The number of terminal acetylenes is 1. The zero-order valence-electron chi connectivity index (χ0n) is 11.4. The summed E-state index contributed by atoms with van der Waals surface area (Å²) in [5, 5.41) is 8.61. The maximum absolute atomic E-state index is 11.8. The van der Waals surface area contributed by atoms with Gasteiger partial charge in [-0.1, -0.05) is 18.1 Å². The molecule has 1 aromatic rings. The standard InChI is InChI=1S/C15H18N4O/c1-4-9-17-15(16-3)18-11-14(20)19-13-8-6-7-12(5-2)10-13/h2,4,6-8,10H,1,9,11H2,3H3,(H,19,20)(H2,16,17,18). The number of amides is 1. The molecule has 0 aliphatic heterocycles. The monoisotopic (exact) mass is 270 g/mol. The van der Waals surface area contributed by atoms with Gasteiger partial charge in [-0.05, 0) is 18.2 Å². The van der Waals surface area contributed by atoms with Crippen molar-refractivity contribution >= 4 is 17.6 Å². The van der Waals surface area contributed by atoms with E-state index >= 15 is 0 Å². The molecule has 5 nitrogen and oxygen atoms in total. The third kappa shape index (κ3) is 5.27. The molecule has 3 N–H and O–H groups in total. The van der Waals surface area contributed by atoms with Crippen molar-refractivity contribution in [2.24, 2.45) is 4.99 Å². The molecule has 0 aliphatic rings. The highest BCUT2D eigenvalue weighted by atomic mass is 16.1. The zero-order chi connectivity index (χ0) is 14.8. The van der Waals surface area contributed by atoms with Crippen LogP contribution in [0.15, 0.2) is 41.9 Å². The van der Waals surface area contributed by atoms with Crippen LogP contribution in [-0.2, 0) is 4.79 Å². The minimum Gasteiger partial charge on any atom is -0.353 e. The average Bonchev–Trinajstić information content (AvgIpc) is 2.47. The van der Waals surface area contributed by atoms with Crippen LogP contribution in [-0.4, -0.2) is 32.0 Å². The van der Waals surface area contributed by atoms with E-state index in [9.17, 15) is 4.79 Å². The number of carbonyl (C=O) groups excluding carboxylic acids is 1. The lowest BCUT2D eigenvalue weighted by atomic mass is 10.2. The van der Waals surface area contributed by atoms with Gasteiger partial charge >= 0.3 is 0 Å². The van der Waals surface area contributed by atoms with Gasteiger partial charge in [0.15, 0.2) is 5.96 Å². The number of nitrogens with one attached hydrogen (secondary N) is 3. The average molecular weight is 270 g/mol. The number of hydrogen-bond donors (Lipinski definition) is 3. The van der Waals surface area contributed by atoms with E-state index in [1.807, 2.05) is 0 Å². The molecule has 0 saturated carbocycles. The molecule has 0 aliphatic carbocycles. The van der Waals surface area contributed by atoms with E-state index in [1.165, 1.54) is 0 Å². The van der Waals surface area contributed by atoms with Gasteiger partial charge in [0, 0.05) is 24.8 Å². The number of aliphatic imine (C=N–C) groups is 1. The van der Waals surface area contributed by atoms with Crippen LogP contribution in [0.2, 0.25) is 0 Å². The van der Waals surface area contributed by atoms with Crippen LogP contribution in [0.1, 0.15) is 5.56 Å². The summed E-state index contributed by atoms with van der Waals surface area (Å²) in [4.78, 5) is 15.8. The Kier molecular flexibility index (Phi) is 6.42. The summed E-state index contributed by atoms with van der Waals surface area (Å²) in [6.45, 7) is 4.28. The zero-order valence-corrected chi connectivity index (χ0v) is 11.4. The van der Waals surface area contributed by atoms with Gasteiger partial charge in [0.2, 0.25) is 5.91 Å². The Bertz CT molecular complexity index is 543. The Labute approximate surface area is 119 Å². The van der Waals surface area contributed by atoms with Gasteiger partial charge in [-0.2, -0.15) is 0 Å². The third-order valence-electron chi connectivity index (χ3n) is 2.37. The van der Waals surface area contributed by atoms with Gasteiger partial charge < -0.3 is 16.0 Å². The minimum absolute atomic E-state index is 0.108. The first-order valence-electron chi connectivity index (χ1n) is 6.11. The van der Waals surface area contributed by atoms with Crippen molar-refractivity contribution in [1.82, 2.24) is 10.6 Å². The van der Waals surface area contributed by atoms with Crippen LogP contribution in [0, 0.1) is 12.3 Å². The highest BCUT2D eigenvalue weighted by Gasteiger charge is 2.04. The Morgan fingerprint density at radius 2 is 2.30 bits per heavy atom. The summed E-state index contributed by atoms with van der Waals surface area (Å²) < 4.78 is 0. The highest BCUT2D eigenvalue weighted by molar-refractivity contribution is 5.95.